The molecule has 7 heavy (non-hydrogen) atoms. The van der Waals surface area contributed by atoms with Gasteiger partial charge in [0.25, 0.3) is 0 Å². The molecule has 1 unspecified atom stereocenters. The van der Waals surface area contributed by atoms with Gasteiger partial charge in [0, 0.05) is 0 Å². The molecule has 0 saturated carbocycles. The summed E-state index contributed by atoms with van der Waals surface area (Å²) in [5, 5.41) is 0. The summed E-state index contributed by atoms with van der Waals surface area (Å²) in [6, 6.07) is 0. The SMILES string of the molecule is O=CC[PH](=O)O.[NaH]. The summed E-state index contributed by atoms with van der Waals surface area (Å²) in [5.74, 6) is 0. The molecule has 1 atom stereocenters. The van der Waals surface area contributed by atoms with Gasteiger partial charge in [0.1, 0.15) is 6.29 Å². The van der Waals surface area contributed by atoms with Crippen molar-refractivity contribution >= 4 is 43.9 Å². The van der Waals surface area contributed by atoms with Crippen molar-refractivity contribution in [2.75, 3.05) is 6.16 Å². The Morgan fingerprint density at radius 1 is 1.71 bits per heavy atom. The third-order valence-corrected chi connectivity index (χ3v) is 0.774. The molecule has 38 valence electrons. The summed E-state index contributed by atoms with van der Waals surface area (Å²) in [7, 11) is -2.50. The third-order valence-electron chi connectivity index (χ3n) is 0.258. The molecule has 0 rings (SSSR count). The van der Waals surface area contributed by atoms with Gasteiger partial charge in [-0.15, -0.1) is 0 Å². The fourth-order valence-electron chi connectivity index (χ4n) is 0.0713. The Morgan fingerprint density at radius 2 is 2.14 bits per heavy atom. The molecule has 3 nitrogen and oxygen atoms in total. The van der Waals surface area contributed by atoms with Gasteiger partial charge in [-0.2, -0.15) is 0 Å². The van der Waals surface area contributed by atoms with Crippen LogP contribution in [0.3, 0.4) is 0 Å². The molecule has 0 amide bonds. The van der Waals surface area contributed by atoms with E-state index in [4.69, 9.17) is 4.89 Å². The molecular weight excluding hydrogens is 126 g/mol. The van der Waals surface area contributed by atoms with Gasteiger partial charge < -0.3 is 9.69 Å². The quantitative estimate of drug-likeness (QED) is 0.298. The predicted molar refractivity (Wildman–Crippen MR) is 29.3 cm³/mol. The van der Waals surface area contributed by atoms with Crippen LogP contribution in [0, 0.1) is 0 Å². The summed E-state index contributed by atoms with van der Waals surface area (Å²) in [6.45, 7) is 0. The van der Waals surface area contributed by atoms with E-state index in [-0.39, 0.29) is 35.7 Å². The van der Waals surface area contributed by atoms with E-state index in [1.807, 2.05) is 0 Å². The third kappa shape index (κ3) is 10.9. The molecule has 0 aromatic rings. The van der Waals surface area contributed by atoms with Crippen LogP contribution in [0.4, 0.5) is 0 Å². The van der Waals surface area contributed by atoms with Crippen LogP contribution in [0.15, 0.2) is 0 Å². The second kappa shape index (κ2) is 6.86. The van der Waals surface area contributed by atoms with Gasteiger partial charge in [-0.3, -0.25) is 4.57 Å². The van der Waals surface area contributed by atoms with Gasteiger partial charge in [0.05, 0.1) is 6.16 Å². The first kappa shape index (κ1) is 10.8. The predicted octanol–water partition coefficient (Wildman–Crippen LogP) is -0.996. The summed E-state index contributed by atoms with van der Waals surface area (Å²) in [6.07, 6.45) is 0.228. The zero-order valence-corrected chi connectivity index (χ0v) is 4.05. The van der Waals surface area contributed by atoms with Crippen LogP contribution in [0.25, 0.3) is 0 Å². The van der Waals surface area contributed by atoms with Crippen LogP contribution < -0.4 is 0 Å². The van der Waals surface area contributed by atoms with Crippen LogP contribution in [0.5, 0.6) is 0 Å². The van der Waals surface area contributed by atoms with Gasteiger partial charge in [-0.1, -0.05) is 0 Å². The van der Waals surface area contributed by atoms with E-state index in [1.54, 1.807) is 0 Å². The van der Waals surface area contributed by atoms with Crippen molar-refractivity contribution < 1.29 is 14.3 Å². The molecule has 0 bridgehead atoms. The molecule has 0 fully saturated rings. The van der Waals surface area contributed by atoms with Crippen molar-refractivity contribution in [2.45, 2.75) is 0 Å². The number of carbonyl (C=O) groups is 1. The van der Waals surface area contributed by atoms with Crippen molar-refractivity contribution in [2.24, 2.45) is 0 Å². The molecular formula is C2H6NaO3P. The first-order chi connectivity index (χ1) is 2.77. The van der Waals surface area contributed by atoms with Gasteiger partial charge in [-0.25, -0.2) is 0 Å². The maximum absolute atomic E-state index is 9.55. The Kier molecular flexibility index (Phi) is 10.6. The van der Waals surface area contributed by atoms with Crippen molar-refractivity contribution in [3.63, 3.8) is 0 Å². The molecule has 0 spiro atoms. The second-order valence-electron chi connectivity index (χ2n) is 0.765. The number of carbonyl (C=O) groups excluding carboxylic acids is 1. The molecule has 1 N–H and O–H groups in total. The molecule has 0 aliphatic heterocycles. The zero-order chi connectivity index (χ0) is 4.99. The average Bonchev–Trinajstić information content (AvgIpc) is 1.35. The molecule has 5 heteroatoms. The molecule has 0 saturated heterocycles. The van der Waals surface area contributed by atoms with Crippen LogP contribution in [-0.4, -0.2) is 46.9 Å². The van der Waals surface area contributed by atoms with Crippen LogP contribution in [0.1, 0.15) is 0 Å². The topological polar surface area (TPSA) is 54.4 Å². The van der Waals surface area contributed by atoms with Gasteiger partial charge in [0.15, 0.2) is 8.03 Å². The molecule has 0 aromatic heterocycles. The van der Waals surface area contributed by atoms with Crippen molar-refractivity contribution in [1.29, 1.82) is 0 Å². The summed E-state index contributed by atoms with van der Waals surface area (Å²) in [5.41, 5.74) is 0. The van der Waals surface area contributed by atoms with Gasteiger partial charge >= 0.3 is 29.6 Å². The van der Waals surface area contributed by atoms with Crippen molar-refractivity contribution in [3.8, 4) is 0 Å². The van der Waals surface area contributed by atoms with Crippen LogP contribution >= 0.6 is 8.03 Å². The number of aldehydes is 1. The normalized spacial score (nSPS) is 11.6. The van der Waals surface area contributed by atoms with Crippen LogP contribution in [0.2, 0.25) is 0 Å². The molecule has 0 aromatic carbocycles. The fraction of sp³-hybridized carbons (Fsp3) is 0.500. The molecule has 0 aliphatic rings. The molecule has 0 heterocycles. The molecule has 0 aliphatic carbocycles. The average molecular weight is 132 g/mol. The van der Waals surface area contributed by atoms with E-state index in [1.165, 1.54) is 0 Å². The summed E-state index contributed by atoms with van der Waals surface area (Å²) >= 11 is 0. The Bertz CT molecular complexity index is 73.3. The van der Waals surface area contributed by atoms with E-state index in [9.17, 15) is 9.36 Å². The Hall–Kier alpha value is 0.860. The summed E-state index contributed by atoms with van der Waals surface area (Å²) < 4.78 is 9.55. The van der Waals surface area contributed by atoms with Gasteiger partial charge in [-0.05, 0) is 0 Å². The van der Waals surface area contributed by atoms with E-state index in [2.05, 4.69) is 0 Å². The van der Waals surface area contributed by atoms with Crippen LogP contribution in [-0.2, 0) is 9.36 Å². The Balaban J connectivity index is 0. The summed E-state index contributed by atoms with van der Waals surface area (Å²) in [4.78, 5) is 17.1. The zero-order valence-electron chi connectivity index (χ0n) is 3.05. The first-order valence-electron chi connectivity index (χ1n) is 1.43. The first-order valence-corrected chi connectivity index (χ1v) is 2.99. The van der Waals surface area contributed by atoms with Crippen molar-refractivity contribution in [3.05, 3.63) is 0 Å². The Morgan fingerprint density at radius 3 is 2.14 bits per heavy atom. The fourth-order valence-corrected chi connectivity index (χ4v) is 0.214. The maximum atomic E-state index is 9.55. The standard InChI is InChI=1S/C2H5O3P.Na.H/c3-1-2-6(4)5;;/h1,6H,2H2,(H,4,5);;. The van der Waals surface area contributed by atoms with E-state index < -0.39 is 8.03 Å². The number of hydrogen-bond acceptors (Lipinski definition) is 2. The minimum absolute atomic E-state index is 0. The van der Waals surface area contributed by atoms with E-state index >= 15 is 0 Å². The number of hydrogen-bond donors (Lipinski definition) is 1. The second-order valence-corrected chi connectivity index (χ2v) is 1.96. The van der Waals surface area contributed by atoms with Crippen molar-refractivity contribution in [1.82, 2.24) is 0 Å². The Labute approximate surface area is 64.3 Å². The number of rotatable bonds is 2. The van der Waals surface area contributed by atoms with Gasteiger partial charge in [0.2, 0.25) is 0 Å². The molecule has 0 radical (unpaired) electrons. The van der Waals surface area contributed by atoms with E-state index in [0.717, 1.165) is 0 Å². The monoisotopic (exact) mass is 132 g/mol. The minimum atomic E-state index is -2.50. The van der Waals surface area contributed by atoms with E-state index in [0.29, 0.717) is 6.29 Å².